The molecular weight excluding hydrogens is 196 g/mol. The lowest BCUT2D eigenvalue weighted by Gasteiger charge is -2.27. The Hall–Kier alpha value is -0.0800. The van der Waals surface area contributed by atoms with Crippen LogP contribution in [-0.2, 0) is 0 Å². The summed E-state index contributed by atoms with van der Waals surface area (Å²) in [7, 11) is 0. The summed E-state index contributed by atoms with van der Waals surface area (Å²) in [4.78, 5) is 2.65. The molecular formula is C14H28N2. The van der Waals surface area contributed by atoms with Gasteiger partial charge in [0.15, 0.2) is 0 Å². The van der Waals surface area contributed by atoms with Crippen LogP contribution in [0.1, 0.15) is 52.4 Å². The van der Waals surface area contributed by atoms with Crippen molar-refractivity contribution in [1.82, 2.24) is 10.2 Å². The second kappa shape index (κ2) is 6.02. The Kier molecular flexibility index (Phi) is 4.66. The van der Waals surface area contributed by atoms with Crippen LogP contribution < -0.4 is 5.32 Å². The predicted molar refractivity (Wildman–Crippen MR) is 69.7 cm³/mol. The highest BCUT2D eigenvalue weighted by Crippen LogP contribution is 2.30. The van der Waals surface area contributed by atoms with Gasteiger partial charge in [0.1, 0.15) is 0 Å². The summed E-state index contributed by atoms with van der Waals surface area (Å²) in [6.45, 7) is 8.43. The van der Waals surface area contributed by atoms with Gasteiger partial charge in [-0.25, -0.2) is 0 Å². The standard InChI is InChI=1S/C14H28N2/c1-12(2)16(11-13-7-8-13)10-9-15-14-5-3-4-6-14/h12-15H,3-11H2,1-2H3. The summed E-state index contributed by atoms with van der Waals surface area (Å²) >= 11 is 0. The van der Waals surface area contributed by atoms with Crippen molar-refractivity contribution in [2.45, 2.75) is 64.5 Å². The maximum absolute atomic E-state index is 3.72. The molecule has 0 aliphatic heterocycles. The number of nitrogens with zero attached hydrogens (tertiary/aromatic N) is 1. The third-order valence-corrected chi connectivity index (χ3v) is 4.11. The van der Waals surface area contributed by atoms with Gasteiger partial charge in [0.2, 0.25) is 0 Å². The fourth-order valence-corrected chi connectivity index (χ4v) is 2.73. The molecule has 0 bridgehead atoms. The van der Waals surface area contributed by atoms with E-state index >= 15 is 0 Å². The average molecular weight is 224 g/mol. The second-order valence-corrected chi connectivity index (χ2v) is 5.97. The zero-order valence-corrected chi connectivity index (χ0v) is 11.0. The lowest BCUT2D eigenvalue weighted by atomic mass is 10.2. The van der Waals surface area contributed by atoms with Crippen molar-refractivity contribution in [3.05, 3.63) is 0 Å². The SMILES string of the molecule is CC(C)N(CCNC1CCCC1)CC1CC1. The molecule has 2 saturated carbocycles. The van der Waals surface area contributed by atoms with Gasteiger partial charge in [-0.2, -0.15) is 0 Å². The smallest absolute Gasteiger partial charge is 0.0110 e. The van der Waals surface area contributed by atoms with Gasteiger partial charge >= 0.3 is 0 Å². The van der Waals surface area contributed by atoms with E-state index in [0.717, 1.165) is 12.0 Å². The molecule has 94 valence electrons. The third kappa shape index (κ3) is 4.06. The van der Waals surface area contributed by atoms with Gasteiger partial charge in [0.25, 0.3) is 0 Å². The molecule has 0 atom stereocenters. The summed E-state index contributed by atoms with van der Waals surface area (Å²) < 4.78 is 0. The molecule has 0 radical (unpaired) electrons. The molecule has 2 heteroatoms. The van der Waals surface area contributed by atoms with Gasteiger partial charge in [-0.1, -0.05) is 12.8 Å². The number of rotatable bonds is 7. The summed E-state index contributed by atoms with van der Waals surface area (Å²) in [6.07, 6.45) is 8.63. The first kappa shape index (κ1) is 12.4. The van der Waals surface area contributed by atoms with Crippen molar-refractivity contribution in [2.24, 2.45) is 5.92 Å². The van der Waals surface area contributed by atoms with E-state index in [1.807, 2.05) is 0 Å². The van der Waals surface area contributed by atoms with Crippen LogP contribution >= 0.6 is 0 Å². The zero-order chi connectivity index (χ0) is 11.4. The van der Waals surface area contributed by atoms with Crippen molar-refractivity contribution < 1.29 is 0 Å². The average Bonchev–Trinajstić information content (AvgIpc) is 2.91. The van der Waals surface area contributed by atoms with Crippen molar-refractivity contribution in [2.75, 3.05) is 19.6 Å². The highest BCUT2D eigenvalue weighted by atomic mass is 15.2. The van der Waals surface area contributed by atoms with E-state index in [-0.39, 0.29) is 0 Å². The molecule has 0 heterocycles. The summed E-state index contributed by atoms with van der Waals surface area (Å²) in [5.41, 5.74) is 0. The molecule has 0 saturated heterocycles. The molecule has 16 heavy (non-hydrogen) atoms. The number of nitrogens with one attached hydrogen (secondary N) is 1. The minimum Gasteiger partial charge on any atom is -0.313 e. The first-order valence-corrected chi connectivity index (χ1v) is 7.23. The van der Waals surface area contributed by atoms with Crippen LogP contribution in [0.3, 0.4) is 0 Å². The van der Waals surface area contributed by atoms with Gasteiger partial charge in [0, 0.05) is 31.7 Å². The minimum atomic E-state index is 0.714. The fraction of sp³-hybridized carbons (Fsp3) is 1.00. The Bertz CT molecular complexity index is 193. The second-order valence-electron chi connectivity index (χ2n) is 5.97. The maximum atomic E-state index is 3.72. The van der Waals surface area contributed by atoms with Gasteiger partial charge in [0.05, 0.1) is 0 Å². The Balaban J connectivity index is 1.60. The summed E-state index contributed by atoms with van der Waals surface area (Å²) in [5, 5.41) is 3.72. The van der Waals surface area contributed by atoms with E-state index in [0.29, 0.717) is 6.04 Å². The largest absolute Gasteiger partial charge is 0.313 e. The van der Waals surface area contributed by atoms with Gasteiger partial charge in [-0.15, -0.1) is 0 Å². The first-order valence-electron chi connectivity index (χ1n) is 7.23. The monoisotopic (exact) mass is 224 g/mol. The maximum Gasteiger partial charge on any atom is 0.0110 e. The van der Waals surface area contributed by atoms with E-state index in [1.165, 1.54) is 58.2 Å². The molecule has 0 unspecified atom stereocenters. The van der Waals surface area contributed by atoms with Crippen LogP contribution in [0.2, 0.25) is 0 Å². The van der Waals surface area contributed by atoms with Crippen LogP contribution in [0.15, 0.2) is 0 Å². The van der Waals surface area contributed by atoms with Crippen LogP contribution in [0.5, 0.6) is 0 Å². The molecule has 2 rings (SSSR count). The van der Waals surface area contributed by atoms with E-state index in [9.17, 15) is 0 Å². The highest BCUT2D eigenvalue weighted by molar-refractivity contribution is 4.80. The molecule has 0 amide bonds. The van der Waals surface area contributed by atoms with Crippen LogP contribution in [-0.4, -0.2) is 36.6 Å². The topological polar surface area (TPSA) is 15.3 Å². The summed E-state index contributed by atoms with van der Waals surface area (Å²) in [5.74, 6) is 1.02. The number of hydrogen-bond acceptors (Lipinski definition) is 2. The van der Waals surface area contributed by atoms with Gasteiger partial charge in [-0.05, 0) is 45.4 Å². The van der Waals surface area contributed by atoms with Crippen molar-refractivity contribution in [3.63, 3.8) is 0 Å². The minimum absolute atomic E-state index is 0.714. The normalized spacial score (nSPS) is 22.5. The Morgan fingerprint density at radius 2 is 1.81 bits per heavy atom. The van der Waals surface area contributed by atoms with Crippen molar-refractivity contribution in [1.29, 1.82) is 0 Å². The number of hydrogen-bond donors (Lipinski definition) is 1. The van der Waals surface area contributed by atoms with Crippen molar-refractivity contribution in [3.8, 4) is 0 Å². The predicted octanol–water partition coefficient (Wildman–Crippen LogP) is 2.64. The highest BCUT2D eigenvalue weighted by Gasteiger charge is 2.25. The first-order chi connectivity index (χ1) is 7.75. The van der Waals surface area contributed by atoms with Crippen molar-refractivity contribution >= 4 is 0 Å². The van der Waals surface area contributed by atoms with Crippen LogP contribution in [0.4, 0.5) is 0 Å². The van der Waals surface area contributed by atoms with E-state index in [1.54, 1.807) is 0 Å². The molecule has 2 aliphatic carbocycles. The Morgan fingerprint density at radius 3 is 2.38 bits per heavy atom. The van der Waals surface area contributed by atoms with Crippen LogP contribution in [0, 0.1) is 5.92 Å². The molecule has 0 aromatic rings. The molecule has 0 spiro atoms. The molecule has 2 nitrogen and oxygen atoms in total. The zero-order valence-electron chi connectivity index (χ0n) is 11.0. The third-order valence-electron chi connectivity index (χ3n) is 4.11. The molecule has 0 aromatic heterocycles. The lowest BCUT2D eigenvalue weighted by Crippen LogP contribution is -2.40. The molecule has 1 N–H and O–H groups in total. The molecule has 2 fully saturated rings. The van der Waals surface area contributed by atoms with E-state index in [4.69, 9.17) is 0 Å². The quantitative estimate of drug-likeness (QED) is 0.715. The fourth-order valence-electron chi connectivity index (χ4n) is 2.73. The Labute approximate surface area is 101 Å². The van der Waals surface area contributed by atoms with Gasteiger partial charge < -0.3 is 5.32 Å². The molecule has 0 aromatic carbocycles. The molecule has 2 aliphatic rings. The Morgan fingerprint density at radius 1 is 1.12 bits per heavy atom. The van der Waals surface area contributed by atoms with E-state index < -0.39 is 0 Å². The van der Waals surface area contributed by atoms with E-state index in [2.05, 4.69) is 24.1 Å². The van der Waals surface area contributed by atoms with Gasteiger partial charge in [-0.3, -0.25) is 4.90 Å². The summed E-state index contributed by atoms with van der Waals surface area (Å²) in [6, 6.07) is 1.54. The lowest BCUT2D eigenvalue weighted by molar-refractivity contribution is 0.210. The van der Waals surface area contributed by atoms with Crippen LogP contribution in [0.25, 0.3) is 0 Å².